The number of nitrogens with zero attached hydrogens (tertiary/aromatic N) is 2. The molecule has 2 amide bonds. The van der Waals surface area contributed by atoms with Gasteiger partial charge in [-0.15, -0.1) is 0 Å². The number of aryl methyl sites for hydroxylation is 1. The number of rotatable bonds is 3. The number of β-amino-alcohol motifs (C(OH)–C–C–N with tert-alkyl or cyclic N) is 1. The van der Waals surface area contributed by atoms with Crippen LogP contribution in [0.5, 0.6) is 0 Å². The summed E-state index contributed by atoms with van der Waals surface area (Å²) >= 11 is 0. The van der Waals surface area contributed by atoms with E-state index in [-0.39, 0.29) is 31.2 Å². The lowest BCUT2D eigenvalue weighted by atomic mass is 10.2. The number of likely N-dealkylation sites (tertiary alicyclic amines) is 1. The number of hydrogen-bond acceptors (Lipinski definition) is 5. The van der Waals surface area contributed by atoms with Crippen LogP contribution in [0.1, 0.15) is 17.9 Å². The number of carbonyl (C=O) groups is 2. The second-order valence-electron chi connectivity index (χ2n) is 4.68. The summed E-state index contributed by atoms with van der Waals surface area (Å²) in [5, 5.41) is 15.8. The number of amides is 2. The van der Waals surface area contributed by atoms with Gasteiger partial charge in [0.05, 0.1) is 18.2 Å². The predicted molar refractivity (Wildman–Crippen MR) is 65.1 cm³/mol. The third-order valence-electron chi connectivity index (χ3n) is 3.15. The van der Waals surface area contributed by atoms with Crippen molar-refractivity contribution in [3.63, 3.8) is 0 Å². The van der Waals surface area contributed by atoms with Crippen molar-refractivity contribution in [3.05, 3.63) is 17.5 Å². The highest BCUT2D eigenvalue weighted by molar-refractivity contribution is 5.88. The predicted octanol–water partition coefficient (Wildman–Crippen LogP) is -0.767. The number of hydrogen-bond donors (Lipinski definition) is 2. The second-order valence-corrected chi connectivity index (χ2v) is 4.68. The smallest absolute Gasteiger partial charge is 0.242 e. The fraction of sp³-hybridized carbons (Fsp3) is 0.583. The van der Waals surface area contributed by atoms with Crippen molar-refractivity contribution < 1.29 is 19.2 Å². The molecule has 0 bridgehead atoms. The van der Waals surface area contributed by atoms with Crippen molar-refractivity contribution in [1.82, 2.24) is 15.4 Å². The zero-order valence-electron chi connectivity index (χ0n) is 10.9. The van der Waals surface area contributed by atoms with Crippen molar-refractivity contribution in [2.75, 3.05) is 13.6 Å². The van der Waals surface area contributed by atoms with E-state index in [1.807, 2.05) is 0 Å². The maximum atomic E-state index is 12.1. The van der Waals surface area contributed by atoms with Gasteiger partial charge in [-0.05, 0) is 6.92 Å². The molecule has 1 saturated heterocycles. The van der Waals surface area contributed by atoms with Gasteiger partial charge >= 0.3 is 0 Å². The van der Waals surface area contributed by atoms with Crippen LogP contribution < -0.4 is 5.32 Å². The number of carbonyl (C=O) groups excluding carboxylic acids is 2. The Balaban J connectivity index is 2.06. The largest absolute Gasteiger partial charge is 0.391 e. The highest BCUT2D eigenvalue weighted by Gasteiger charge is 2.38. The SMILES string of the molecule is CNC(=O)[C@@H]1C[C@@H](O)CN1C(=O)Cc1cc(C)no1. The van der Waals surface area contributed by atoms with E-state index in [0.717, 1.165) is 0 Å². The Hall–Kier alpha value is -1.89. The Kier molecular flexibility index (Phi) is 3.84. The van der Waals surface area contributed by atoms with E-state index >= 15 is 0 Å². The zero-order valence-corrected chi connectivity index (χ0v) is 10.9. The molecule has 0 saturated carbocycles. The van der Waals surface area contributed by atoms with Gasteiger partial charge in [-0.1, -0.05) is 5.16 Å². The Bertz CT molecular complexity index is 485. The van der Waals surface area contributed by atoms with Gasteiger partial charge in [-0.3, -0.25) is 9.59 Å². The highest BCUT2D eigenvalue weighted by Crippen LogP contribution is 2.19. The van der Waals surface area contributed by atoms with Gasteiger partial charge in [0.25, 0.3) is 0 Å². The molecule has 7 nitrogen and oxygen atoms in total. The molecule has 104 valence electrons. The van der Waals surface area contributed by atoms with Crippen molar-refractivity contribution in [1.29, 1.82) is 0 Å². The summed E-state index contributed by atoms with van der Waals surface area (Å²) in [6.45, 7) is 1.94. The first-order chi connectivity index (χ1) is 9.01. The van der Waals surface area contributed by atoms with Crippen LogP contribution in [0.4, 0.5) is 0 Å². The molecule has 1 aliphatic rings. The molecule has 2 rings (SSSR count). The van der Waals surface area contributed by atoms with E-state index in [1.54, 1.807) is 13.0 Å². The van der Waals surface area contributed by atoms with Crippen LogP contribution in [0, 0.1) is 6.92 Å². The average molecular weight is 267 g/mol. The van der Waals surface area contributed by atoms with Crippen molar-refractivity contribution in [2.45, 2.75) is 31.9 Å². The maximum absolute atomic E-state index is 12.1. The molecule has 1 aromatic rings. The quantitative estimate of drug-likeness (QED) is 0.750. The number of aromatic nitrogens is 1. The number of likely N-dealkylation sites (N-methyl/N-ethyl adjacent to an activating group) is 1. The Morgan fingerprint density at radius 1 is 1.63 bits per heavy atom. The van der Waals surface area contributed by atoms with E-state index < -0.39 is 12.1 Å². The minimum Gasteiger partial charge on any atom is -0.391 e. The first-order valence-electron chi connectivity index (χ1n) is 6.12. The molecule has 1 fully saturated rings. The fourth-order valence-electron chi connectivity index (χ4n) is 2.25. The Morgan fingerprint density at radius 3 is 2.95 bits per heavy atom. The van der Waals surface area contributed by atoms with E-state index in [2.05, 4.69) is 10.5 Å². The molecule has 0 spiro atoms. The average Bonchev–Trinajstić information content (AvgIpc) is 2.94. The molecule has 0 unspecified atom stereocenters. The molecule has 0 aliphatic carbocycles. The third-order valence-corrected chi connectivity index (χ3v) is 3.15. The lowest BCUT2D eigenvalue weighted by molar-refractivity contribution is -0.138. The Labute approximate surface area is 110 Å². The van der Waals surface area contributed by atoms with Crippen LogP contribution in [0.3, 0.4) is 0 Å². The molecule has 2 atom stereocenters. The second kappa shape index (κ2) is 5.40. The summed E-state index contributed by atoms with van der Waals surface area (Å²) in [6.07, 6.45) is -0.357. The lowest BCUT2D eigenvalue weighted by Crippen LogP contribution is -2.45. The molecular formula is C12H17N3O4. The summed E-state index contributed by atoms with van der Waals surface area (Å²) in [4.78, 5) is 25.2. The first kappa shape index (κ1) is 13.5. The van der Waals surface area contributed by atoms with Crippen LogP contribution in [-0.4, -0.2) is 52.7 Å². The summed E-state index contributed by atoms with van der Waals surface area (Å²) < 4.78 is 4.98. The summed E-state index contributed by atoms with van der Waals surface area (Å²) in [7, 11) is 1.51. The first-order valence-corrected chi connectivity index (χ1v) is 6.12. The highest BCUT2D eigenvalue weighted by atomic mass is 16.5. The molecule has 0 aromatic carbocycles. The number of nitrogens with one attached hydrogen (secondary N) is 1. The summed E-state index contributed by atoms with van der Waals surface area (Å²) in [6, 6.07) is 1.07. The monoisotopic (exact) mass is 267 g/mol. The summed E-state index contributed by atoms with van der Waals surface area (Å²) in [5.41, 5.74) is 0.701. The van der Waals surface area contributed by atoms with Crippen LogP contribution in [0.15, 0.2) is 10.6 Å². The van der Waals surface area contributed by atoms with Gasteiger partial charge < -0.3 is 19.8 Å². The van der Waals surface area contributed by atoms with Gasteiger partial charge in [0.1, 0.15) is 11.8 Å². The molecule has 7 heteroatoms. The van der Waals surface area contributed by atoms with Crippen LogP contribution in [-0.2, 0) is 16.0 Å². The fourth-order valence-corrected chi connectivity index (χ4v) is 2.25. The minimum absolute atomic E-state index is 0.0427. The molecule has 2 heterocycles. The van der Waals surface area contributed by atoms with Gasteiger partial charge in [0.15, 0.2) is 0 Å². The zero-order chi connectivity index (χ0) is 14.0. The molecule has 1 aliphatic heterocycles. The van der Waals surface area contributed by atoms with Gasteiger partial charge in [0, 0.05) is 26.1 Å². The standard InChI is InChI=1S/C12H17N3O4/c1-7-3-9(19-14-7)5-11(17)15-6-8(16)4-10(15)12(18)13-2/h3,8,10,16H,4-6H2,1-2H3,(H,13,18)/t8-,10+/m1/s1. The topological polar surface area (TPSA) is 95.7 Å². The van der Waals surface area contributed by atoms with E-state index in [1.165, 1.54) is 11.9 Å². The third kappa shape index (κ3) is 2.93. The van der Waals surface area contributed by atoms with E-state index in [4.69, 9.17) is 4.52 Å². The van der Waals surface area contributed by atoms with Crippen molar-refractivity contribution >= 4 is 11.8 Å². The normalized spacial score (nSPS) is 22.6. The maximum Gasteiger partial charge on any atom is 0.242 e. The summed E-state index contributed by atoms with van der Waals surface area (Å²) in [5.74, 6) is -0.0560. The number of aliphatic hydroxyl groups is 1. The minimum atomic E-state index is -0.664. The van der Waals surface area contributed by atoms with Gasteiger partial charge in [0.2, 0.25) is 11.8 Å². The molecule has 1 aromatic heterocycles. The van der Waals surface area contributed by atoms with Crippen molar-refractivity contribution in [3.8, 4) is 0 Å². The number of aliphatic hydroxyl groups excluding tert-OH is 1. The van der Waals surface area contributed by atoms with Gasteiger partial charge in [-0.2, -0.15) is 0 Å². The van der Waals surface area contributed by atoms with Crippen molar-refractivity contribution in [2.24, 2.45) is 0 Å². The molecule has 19 heavy (non-hydrogen) atoms. The molecular weight excluding hydrogens is 250 g/mol. The molecule has 2 N–H and O–H groups in total. The van der Waals surface area contributed by atoms with Crippen LogP contribution in [0.2, 0.25) is 0 Å². The lowest BCUT2D eigenvalue weighted by Gasteiger charge is -2.22. The van der Waals surface area contributed by atoms with E-state index in [0.29, 0.717) is 11.5 Å². The van der Waals surface area contributed by atoms with Gasteiger partial charge in [-0.25, -0.2) is 0 Å². The molecule has 0 radical (unpaired) electrons. The van der Waals surface area contributed by atoms with E-state index in [9.17, 15) is 14.7 Å². The Morgan fingerprint density at radius 2 is 2.37 bits per heavy atom. The van der Waals surface area contributed by atoms with Crippen LogP contribution in [0.25, 0.3) is 0 Å². The van der Waals surface area contributed by atoms with Crippen LogP contribution >= 0.6 is 0 Å².